The Kier molecular flexibility index (Phi) is 3.88. The monoisotopic (exact) mass is 227 g/mol. The van der Waals surface area contributed by atoms with Crippen molar-refractivity contribution >= 4 is 9.84 Å². The molecule has 0 amide bonds. The molecule has 84 valence electrons. The second kappa shape index (κ2) is 4.77. The van der Waals surface area contributed by atoms with Gasteiger partial charge in [0, 0.05) is 6.54 Å². The van der Waals surface area contributed by atoms with Crippen LogP contribution in [0.15, 0.2) is 18.2 Å². The molecule has 2 N–H and O–H groups in total. The Bertz CT molecular complexity index is 418. The van der Waals surface area contributed by atoms with E-state index in [4.69, 9.17) is 5.73 Å². The van der Waals surface area contributed by atoms with Crippen molar-refractivity contribution in [1.82, 2.24) is 0 Å². The summed E-state index contributed by atoms with van der Waals surface area (Å²) in [6, 6.07) is 5.80. The molecular weight excluding hydrogens is 210 g/mol. The SMILES string of the molecule is Cc1cccc(C)c1CS(=O)(=O)CCN. The highest BCUT2D eigenvalue weighted by molar-refractivity contribution is 7.90. The molecule has 0 atom stereocenters. The van der Waals surface area contributed by atoms with Gasteiger partial charge >= 0.3 is 0 Å². The zero-order valence-corrected chi connectivity index (χ0v) is 9.97. The van der Waals surface area contributed by atoms with E-state index in [0.29, 0.717) is 0 Å². The van der Waals surface area contributed by atoms with Crippen LogP contribution in [-0.4, -0.2) is 20.7 Å². The maximum atomic E-state index is 11.6. The molecule has 0 aromatic heterocycles. The number of hydrogen-bond donors (Lipinski definition) is 1. The molecule has 0 radical (unpaired) electrons. The van der Waals surface area contributed by atoms with Crippen LogP contribution in [0.1, 0.15) is 16.7 Å². The fraction of sp³-hybridized carbons (Fsp3) is 0.455. The van der Waals surface area contributed by atoms with Crippen LogP contribution >= 0.6 is 0 Å². The predicted octanol–water partition coefficient (Wildman–Crippen LogP) is 1.18. The van der Waals surface area contributed by atoms with Gasteiger partial charge in [-0.15, -0.1) is 0 Å². The largest absolute Gasteiger partial charge is 0.329 e. The Labute approximate surface area is 91.2 Å². The van der Waals surface area contributed by atoms with E-state index in [9.17, 15) is 8.42 Å². The van der Waals surface area contributed by atoms with Crippen molar-refractivity contribution in [2.45, 2.75) is 19.6 Å². The lowest BCUT2D eigenvalue weighted by atomic mass is 10.1. The van der Waals surface area contributed by atoms with Gasteiger partial charge in [-0.1, -0.05) is 18.2 Å². The summed E-state index contributed by atoms with van der Waals surface area (Å²) in [7, 11) is -3.05. The smallest absolute Gasteiger partial charge is 0.155 e. The first kappa shape index (κ1) is 12.2. The average Bonchev–Trinajstić information content (AvgIpc) is 2.11. The van der Waals surface area contributed by atoms with E-state index in [0.717, 1.165) is 16.7 Å². The number of rotatable bonds is 4. The van der Waals surface area contributed by atoms with E-state index in [1.807, 2.05) is 32.0 Å². The van der Waals surface area contributed by atoms with Crippen LogP contribution in [0.2, 0.25) is 0 Å². The highest BCUT2D eigenvalue weighted by Gasteiger charge is 2.13. The minimum Gasteiger partial charge on any atom is -0.329 e. The Hall–Kier alpha value is -0.870. The van der Waals surface area contributed by atoms with Crippen molar-refractivity contribution in [3.63, 3.8) is 0 Å². The Morgan fingerprint density at radius 3 is 2.20 bits per heavy atom. The first-order valence-corrected chi connectivity index (χ1v) is 6.74. The number of nitrogens with two attached hydrogens (primary N) is 1. The summed E-state index contributed by atoms with van der Waals surface area (Å²) in [6.45, 7) is 4.05. The number of benzene rings is 1. The van der Waals surface area contributed by atoms with Crippen molar-refractivity contribution in [3.05, 3.63) is 34.9 Å². The first-order chi connectivity index (χ1) is 6.96. The molecule has 0 spiro atoms. The van der Waals surface area contributed by atoms with Crippen LogP contribution in [0, 0.1) is 13.8 Å². The molecule has 0 saturated carbocycles. The second-order valence-corrected chi connectivity index (χ2v) is 5.94. The zero-order chi connectivity index (χ0) is 11.5. The normalized spacial score (nSPS) is 11.7. The van der Waals surface area contributed by atoms with Crippen LogP contribution in [0.3, 0.4) is 0 Å². The van der Waals surface area contributed by atoms with Gasteiger partial charge in [-0.2, -0.15) is 0 Å². The molecule has 0 heterocycles. The lowest BCUT2D eigenvalue weighted by molar-refractivity contribution is 0.595. The lowest BCUT2D eigenvalue weighted by Crippen LogP contribution is -2.18. The third-order valence-electron chi connectivity index (χ3n) is 2.44. The third-order valence-corrected chi connectivity index (χ3v) is 4.02. The Morgan fingerprint density at radius 1 is 1.20 bits per heavy atom. The molecule has 4 heteroatoms. The molecule has 0 unspecified atom stereocenters. The van der Waals surface area contributed by atoms with E-state index >= 15 is 0 Å². The molecule has 0 aliphatic heterocycles. The van der Waals surface area contributed by atoms with Crippen molar-refractivity contribution < 1.29 is 8.42 Å². The summed E-state index contributed by atoms with van der Waals surface area (Å²) >= 11 is 0. The van der Waals surface area contributed by atoms with Gasteiger partial charge in [-0.25, -0.2) is 8.42 Å². The molecule has 0 saturated heterocycles. The van der Waals surface area contributed by atoms with E-state index in [1.54, 1.807) is 0 Å². The van der Waals surface area contributed by atoms with Gasteiger partial charge in [0.2, 0.25) is 0 Å². The standard InChI is InChI=1S/C11H17NO2S/c1-9-4-3-5-10(2)11(9)8-15(13,14)7-6-12/h3-5H,6-8,12H2,1-2H3. The summed E-state index contributed by atoms with van der Waals surface area (Å²) < 4.78 is 23.2. The first-order valence-electron chi connectivity index (χ1n) is 4.92. The van der Waals surface area contributed by atoms with Gasteiger partial charge < -0.3 is 5.73 Å². The van der Waals surface area contributed by atoms with E-state index in [1.165, 1.54) is 0 Å². The second-order valence-electron chi connectivity index (χ2n) is 3.75. The third kappa shape index (κ3) is 3.32. The van der Waals surface area contributed by atoms with Crippen LogP contribution in [0.5, 0.6) is 0 Å². The lowest BCUT2D eigenvalue weighted by Gasteiger charge is -2.09. The quantitative estimate of drug-likeness (QED) is 0.840. The topological polar surface area (TPSA) is 60.2 Å². The summed E-state index contributed by atoms with van der Waals surface area (Å²) in [5, 5.41) is 0. The maximum absolute atomic E-state index is 11.6. The minimum absolute atomic E-state index is 0.0563. The molecule has 1 aromatic rings. The van der Waals surface area contributed by atoms with Crippen LogP contribution in [0.4, 0.5) is 0 Å². The van der Waals surface area contributed by atoms with Gasteiger partial charge in [0.1, 0.15) is 0 Å². The molecule has 3 nitrogen and oxygen atoms in total. The summed E-state index contributed by atoms with van der Waals surface area (Å²) in [5.74, 6) is 0.156. The molecule has 0 aliphatic rings. The van der Waals surface area contributed by atoms with Crippen LogP contribution in [0.25, 0.3) is 0 Å². The summed E-state index contributed by atoms with van der Waals surface area (Å²) in [5.41, 5.74) is 8.22. The molecule has 1 rings (SSSR count). The van der Waals surface area contributed by atoms with E-state index in [2.05, 4.69) is 0 Å². The number of sulfone groups is 1. The van der Waals surface area contributed by atoms with Gasteiger partial charge in [-0.05, 0) is 30.5 Å². The molecule has 0 fully saturated rings. The minimum atomic E-state index is -3.05. The van der Waals surface area contributed by atoms with Crippen molar-refractivity contribution in [1.29, 1.82) is 0 Å². The van der Waals surface area contributed by atoms with Crippen molar-refractivity contribution in [2.24, 2.45) is 5.73 Å². The number of hydrogen-bond acceptors (Lipinski definition) is 3. The molecular formula is C11H17NO2S. The summed E-state index contributed by atoms with van der Waals surface area (Å²) in [6.07, 6.45) is 0. The highest BCUT2D eigenvalue weighted by atomic mass is 32.2. The van der Waals surface area contributed by atoms with E-state index < -0.39 is 9.84 Å². The number of aryl methyl sites for hydroxylation is 2. The van der Waals surface area contributed by atoms with Gasteiger partial charge in [0.25, 0.3) is 0 Å². The fourth-order valence-corrected chi connectivity index (χ4v) is 2.95. The molecule has 1 aromatic carbocycles. The van der Waals surface area contributed by atoms with E-state index in [-0.39, 0.29) is 18.1 Å². The highest BCUT2D eigenvalue weighted by Crippen LogP contribution is 2.16. The molecule has 0 bridgehead atoms. The van der Waals surface area contributed by atoms with Gasteiger partial charge in [-0.3, -0.25) is 0 Å². The Morgan fingerprint density at radius 2 is 1.73 bits per heavy atom. The summed E-state index contributed by atoms with van der Waals surface area (Å²) in [4.78, 5) is 0. The van der Waals surface area contributed by atoms with Crippen LogP contribution < -0.4 is 5.73 Å². The predicted molar refractivity (Wildman–Crippen MR) is 62.5 cm³/mol. The van der Waals surface area contributed by atoms with Crippen molar-refractivity contribution in [2.75, 3.05) is 12.3 Å². The fourth-order valence-electron chi connectivity index (χ4n) is 1.55. The maximum Gasteiger partial charge on any atom is 0.155 e. The average molecular weight is 227 g/mol. The molecule has 15 heavy (non-hydrogen) atoms. The van der Waals surface area contributed by atoms with Gasteiger partial charge in [0.15, 0.2) is 9.84 Å². The zero-order valence-electron chi connectivity index (χ0n) is 9.16. The Balaban J connectivity index is 2.99. The van der Waals surface area contributed by atoms with Crippen LogP contribution in [-0.2, 0) is 15.6 Å². The van der Waals surface area contributed by atoms with Gasteiger partial charge in [0.05, 0.1) is 11.5 Å². The molecule has 0 aliphatic carbocycles. The van der Waals surface area contributed by atoms with Crippen molar-refractivity contribution in [3.8, 4) is 0 Å².